The molecule has 0 aromatic heterocycles. The number of halogens is 2. The summed E-state index contributed by atoms with van der Waals surface area (Å²) in [4.78, 5) is 14.0. The lowest BCUT2D eigenvalue weighted by atomic mass is 10.1. The molecule has 3 nitrogen and oxygen atoms in total. The van der Waals surface area contributed by atoms with Gasteiger partial charge in [-0.1, -0.05) is 41.9 Å². The summed E-state index contributed by atoms with van der Waals surface area (Å²) in [5.41, 5.74) is 1.73. The predicted molar refractivity (Wildman–Crippen MR) is 96.3 cm³/mol. The number of likely N-dealkylation sites (N-methyl/N-ethyl adjacent to an activating group) is 1. The van der Waals surface area contributed by atoms with Crippen LogP contribution in [0.1, 0.15) is 17.2 Å². The van der Waals surface area contributed by atoms with Crippen LogP contribution in [-0.4, -0.2) is 31.4 Å². The minimum absolute atomic E-state index is 0.0260. The smallest absolute Gasteiger partial charge is 0.244 e. The van der Waals surface area contributed by atoms with Gasteiger partial charge in [0, 0.05) is 17.6 Å². The molecule has 0 aliphatic carbocycles. The molecule has 0 heterocycles. The van der Waals surface area contributed by atoms with Crippen LogP contribution < -0.4 is 5.32 Å². The first-order chi connectivity index (χ1) is 11.5. The maximum Gasteiger partial charge on any atom is 0.244 e. The van der Waals surface area contributed by atoms with E-state index in [-0.39, 0.29) is 17.8 Å². The molecule has 1 N–H and O–H groups in total. The Bertz CT molecular complexity index is 714. The molecule has 126 valence electrons. The molecule has 0 bridgehead atoms. The topological polar surface area (TPSA) is 32.3 Å². The summed E-state index contributed by atoms with van der Waals surface area (Å²) < 4.78 is 12.8. The Kier molecular flexibility index (Phi) is 6.53. The van der Waals surface area contributed by atoms with Gasteiger partial charge >= 0.3 is 0 Å². The molecule has 2 aromatic rings. The fourth-order valence-electron chi connectivity index (χ4n) is 2.32. The van der Waals surface area contributed by atoms with E-state index in [1.807, 2.05) is 43.3 Å². The largest absolute Gasteiger partial charge is 0.351 e. The van der Waals surface area contributed by atoms with E-state index in [0.29, 0.717) is 11.6 Å². The molecule has 24 heavy (non-hydrogen) atoms. The summed E-state index contributed by atoms with van der Waals surface area (Å²) in [6.45, 7) is 0.434. The summed E-state index contributed by atoms with van der Waals surface area (Å²) >= 11 is 6.25. The highest BCUT2D eigenvalue weighted by Gasteiger charge is 2.17. The van der Waals surface area contributed by atoms with Crippen molar-refractivity contribution < 1.29 is 9.18 Å². The van der Waals surface area contributed by atoms with Crippen molar-refractivity contribution in [1.29, 1.82) is 0 Å². The first kappa shape index (κ1) is 18.2. The minimum Gasteiger partial charge on any atom is -0.351 e. The number of hydrogen-bond donors (Lipinski definition) is 1. The Hall–Kier alpha value is -2.17. The molecule has 0 aliphatic heterocycles. The molecule has 2 aromatic carbocycles. The second-order valence-corrected chi connectivity index (χ2v) is 6.04. The quantitative estimate of drug-likeness (QED) is 0.804. The van der Waals surface area contributed by atoms with E-state index in [4.69, 9.17) is 11.6 Å². The van der Waals surface area contributed by atoms with Crippen LogP contribution in [0.15, 0.2) is 54.6 Å². The van der Waals surface area contributed by atoms with Gasteiger partial charge in [-0.25, -0.2) is 4.39 Å². The van der Waals surface area contributed by atoms with Crippen LogP contribution >= 0.6 is 11.6 Å². The van der Waals surface area contributed by atoms with Crippen molar-refractivity contribution >= 4 is 23.6 Å². The van der Waals surface area contributed by atoms with E-state index in [9.17, 15) is 9.18 Å². The number of hydrogen-bond acceptors (Lipinski definition) is 2. The first-order valence-electron chi connectivity index (χ1n) is 7.59. The number of amides is 1. The summed E-state index contributed by atoms with van der Waals surface area (Å²) in [5, 5.41) is 3.54. The van der Waals surface area contributed by atoms with E-state index in [1.165, 1.54) is 18.2 Å². The van der Waals surface area contributed by atoms with Crippen LogP contribution in [0.25, 0.3) is 6.08 Å². The van der Waals surface area contributed by atoms with Gasteiger partial charge in [0.2, 0.25) is 5.91 Å². The van der Waals surface area contributed by atoms with E-state index in [2.05, 4.69) is 5.32 Å². The number of benzene rings is 2. The molecule has 1 amide bonds. The van der Waals surface area contributed by atoms with Crippen LogP contribution in [-0.2, 0) is 4.79 Å². The van der Waals surface area contributed by atoms with Gasteiger partial charge in [0.1, 0.15) is 5.82 Å². The maximum atomic E-state index is 12.8. The van der Waals surface area contributed by atoms with Crippen molar-refractivity contribution in [2.45, 2.75) is 6.04 Å². The molecule has 0 aliphatic rings. The Balaban J connectivity index is 1.98. The van der Waals surface area contributed by atoms with Crippen molar-refractivity contribution in [3.8, 4) is 0 Å². The van der Waals surface area contributed by atoms with E-state index >= 15 is 0 Å². The predicted octanol–water partition coefficient (Wildman–Crippen LogP) is 3.91. The number of carbonyl (C=O) groups excluding carboxylic acids is 1. The monoisotopic (exact) mass is 346 g/mol. The Morgan fingerprint density at radius 3 is 2.50 bits per heavy atom. The summed E-state index contributed by atoms with van der Waals surface area (Å²) in [5.74, 6) is -0.511. The zero-order valence-corrected chi connectivity index (χ0v) is 14.4. The zero-order chi connectivity index (χ0) is 17.5. The van der Waals surface area contributed by atoms with E-state index in [1.54, 1.807) is 18.2 Å². The summed E-state index contributed by atoms with van der Waals surface area (Å²) in [6.07, 6.45) is 3.08. The van der Waals surface area contributed by atoms with Crippen LogP contribution in [0.4, 0.5) is 4.39 Å². The number of carbonyl (C=O) groups is 1. The van der Waals surface area contributed by atoms with Crippen molar-refractivity contribution in [3.05, 3.63) is 76.6 Å². The molecule has 0 radical (unpaired) electrons. The summed E-state index contributed by atoms with van der Waals surface area (Å²) in [7, 11) is 3.88. The number of nitrogens with one attached hydrogen (secondary N) is 1. The lowest BCUT2D eigenvalue weighted by molar-refractivity contribution is -0.116. The molecule has 0 saturated heterocycles. The van der Waals surface area contributed by atoms with Gasteiger partial charge in [-0.15, -0.1) is 0 Å². The summed E-state index contributed by atoms with van der Waals surface area (Å²) in [6, 6.07) is 13.5. The standard InChI is InChI=1S/C19H20ClFN2O/c1-23(2)18(16-5-3-4-6-17(16)20)13-22-19(24)12-9-14-7-10-15(21)11-8-14/h3-12,18H,13H2,1-2H3,(H,22,24)/b12-9+/t18-/m0/s1. The van der Waals surface area contributed by atoms with Crippen LogP contribution in [0.3, 0.4) is 0 Å². The normalized spacial score (nSPS) is 12.5. The molecule has 2 rings (SSSR count). The fourth-order valence-corrected chi connectivity index (χ4v) is 2.58. The van der Waals surface area contributed by atoms with Gasteiger partial charge in [0.15, 0.2) is 0 Å². The molecular weight excluding hydrogens is 327 g/mol. The van der Waals surface area contributed by atoms with E-state index < -0.39 is 0 Å². The third-order valence-corrected chi connectivity index (χ3v) is 4.00. The SMILES string of the molecule is CN(C)[C@@H](CNC(=O)/C=C/c1ccc(F)cc1)c1ccccc1Cl. The van der Waals surface area contributed by atoms with E-state index in [0.717, 1.165) is 11.1 Å². The van der Waals surface area contributed by atoms with Crippen molar-refractivity contribution in [2.75, 3.05) is 20.6 Å². The average molecular weight is 347 g/mol. The first-order valence-corrected chi connectivity index (χ1v) is 7.97. The third-order valence-electron chi connectivity index (χ3n) is 3.65. The van der Waals surface area contributed by atoms with Crippen molar-refractivity contribution in [2.24, 2.45) is 0 Å². The Labute approximate surface area is 146 Å². The highest BCUT2D eigenvalue weighted by Crippen LogP contribution is 2.25. The highest BCUT2D eigenvalue weighted by molar-refractivity contribution is 6.31. The third kappa shape index (κ3) is 5.18. The van der Waals surface area contributed by atoms with Crippen LogP contribution in [0.2, 0.25) is 5.02 Å². The molecule has 0 unspecified atom stereocenters. The molecule has 0 spiro atoms. The molecule has 0 fully saturated rings. The Morgan fingerprint density at radius 1 is 1.21 bits per heavy atom. The molecule has 5 heteroatoms. The lowest BCUT2D eigenvalue weighted by Gasteiger charge is -2.25. The highest BCUT2D eigenvalue weighted by atomic mass is 35.5. The van der Waals surface area contributed by atoms with Gasteiger partial charge < -0.3 is 10.2 Å². The van der Waals surface area contributed by atoms with Crippen LogP contribution in [0, 0.1) is 5.82 Å². The van der Waals surface area contributed by atoms with Gasteiger partial charge in [0.05, 0.1) is 6.04 Å². The van der Waals surface area contributed by atoms with Crippen molar-refractivity contribution in [3.63, 3.8) is 0 Å². The lowest BCUT2D eigenvalue weighted by Crippen LogP contribution is -2.33. The maximum absolute atomic E-state index is 12.8. The Morgan fingerprint density at radius 2 is 1.88 bits per heavy atom. The molecular formula is C19H20ClFN2O. The number of nitrogens with zero attached hydrogens (tertiary/aromatic N) is 1. The second kappa shape index (κ2) is 8.62. The second-order valence-electron chi connectivity index (χ2n) is 5.63. The van der Waals surface area contributed by atoms with Gasteiger partial charge in [-0.3, -0.25) is 4.79 Å². The fraction of sp³-hybridized carbons (Fsp3) is 0.211. The molecule has 1 atom stereocenters. The minimum atomic E-state index is -0.301. The van der Waals surface area contributed by atoms with Crippen molar-refractivity contribution in [1.82, 2.24) is 10.2 Å². The number of rotatable bonds is 6. The van der Waals surface area contributed by atoms with Gasteiger partial charge in [-0.2, -0.15) is 0 Å². The molecule has 0 saturated carbocycles. The average Bonchev–Trinajstić information content (AvgIpc) is 2.56. The van der Waals surface area contributed by atoms with Gasteiger partial charge in [-0.05, 0) is 49.5 Å². The van der Waals surface area contributed by atoms with Crippen LogP contribution in [0.5, 0.6) is 0 Å². The van der Waals surface area contributed by atoms with Gasteiger partial charge in [0.25, 0.3) is 0 Å². The zero-order valence-electron chi connectivity index (χ0n) is 13.7.